The van der Waals surface area contributed by atoms with Gasteiger partial charge in [0.1, 0.15) is 10.7 Å². The molecule has 0 aromatic heterocycles. The summed E-state index contributed by atoms with van der Waals surface area (Å²) in [5, 5.41) is 9.15. The Morgan fingerprint density at radius 1 is 1.48 bits per heavy atom. The van der Waals surface area contributed by atoms with Crippen molar-refractivity contribution >= 4 is 26.0 Å². The summed E-state index contributed by atoms with van der Waals surface area (Å²) in [7, 11) is -2.47. The van der Waals surface area contributed by atoms with E-state index in [1.165, 1.54) is 23.5 Å². The average molecular weight is 382 g/mol. The second-order valence-corrected chi connectivity index (χ2v) is 7.65. The maximum Gasteiger partial charge on any atom is 0.246 e. The first-order chi connectivity index (χ1) is 9.91. The van der Waals surface area contributed by atoms with Gasteiger partial charge in [0.05, 0.1) is 13.2 Å². The molecule has 2 rings (SSSR count). The molecular weight excluding hydrogens is 365 g/mol. The van der Waals surface area contributed by atoms with Gasteiger partial charge in [-0.2, -0.15) is 4.31 Å². The molecule has 0 saturated heterocycles. The molecule has 5 nitrogen and oxygen atoms in total. The zero-order valence-corrected chi connectivity index (χ0v) is 14.0. The fraction of sp³-hybridized carbons (Fsp3) is 0.538. The Morgan fingerprint density at radius 3 is 2.67 bits per heavy atom. The minimum absolute atomic E-state index is 0.0505. The Labute approximate surface area is 131 Å². The Hall–Kier alpha value is -0.540. The molecule has 0 aliphatic heterocycles. The normalized spacial score (nSPS) is 15.7. The van der Waals surface area contributed by atoms with Gasteiger partial charge in [0.15, 0.2) is 0 Å². The zero-order valence-electron chi connectivity index (χ0n) is 11.6. The Balaban J connectivity index is 2.44. The Kier molecular flexibility index (Phi) is 5.37. The van der Waals surface area contributed by atoms with Crippen molar-refractivity contribution in [3.63, 3.8) is 0 Å². The lowest BCUT2D eigenvalue weighted by Crippen LogP contribution is -2.36. The molecule has 0 bridgehead atoms. The number of benzene rings is 1. The van der Waals surface area contributed by atoms with Crippen molar-refractivity contribution in [2.75, 3.05) is 20.3 Å². The molecule has 1 fully saturated rings. The summed E-state index contributed by atoms with van der Waals surface area (Å²) in [5.41, 5.74) is -0.0505. The molecule has 0 heterocycles. The van der Waals surface area contributed by atoms with E-state index in [4.69, 9.17) is 9.84 Å². The average Bonchev–Trinajstić information content (AvgIpc) is 3.25. The molecule has 8 heteroatoms. The van der Waals surface area contributed by atoms with E-state index in [0.29, 0.717) is 4.47 Å². The smallest absolute Gasteiger partial charge is 0.246 e. The fourth-order valence-electron chi connectivity index (χ4n) is 2.09. The number of rotatable bonds is 7. The van der Waals surface area contributed by atoms with E-state index >= 15 is 0 Å². The lowest BCUT2D eigenvalue weighted by Gasteiger charge is -2.22. The van der Waals surface area contributed by atoms with Crippen LogP contribution in [0.2, 0.25) is 0 Å². The number of aliphatic hydroxyl groups is 1. The zero-order chi connectivity index (χ0) is 15.6. The second-order valence-electron chi connectivity index (χ2n) is 4.87. The van der Waals surface area contributed by atoms with Crippen LogP contribution >= 0.6 is 15.9 Å². The molecular formula is C13H17BrFNO4S. The molecule has 1 aliphatic carbocycles. The highest BCUT2D eigenvalue weighted by molar-refractivity contribution is 9.10. The molecule has 1 saturated carbocycles. The predicted molar refractivity (Wildman–Crippen MR) is 78.8 cm³/mol. The minimum atomic E-state index is -3.96. The van der Waals surface area contributed by atoms with Gasteiger partial charge in [0.25, 0.3) is 0 Å². The molecule has 21 heavy (non-hydrogen) atoms. The van der Waals surface area contributed by atoms with Gasteiger partial charge in [-0.15, -0.1) is 0 Å². The van der Waals surface area contributed by atoms with Gasteiger partial charge in [-0.25, -0.2) is 12.8 Å². The third-order valence-corrected chi connectivity index (χ3v) is 5.72. The fourth-order valence-corrected chi connectivity index (χ4v) is 4.55. The quantitative estimate of drug-likeness (QED) is 0.782. The van der Waals surface area contributed by atoms with E-state index in [1.807, 2.05) is 0 Å². The van der Waals surface area contributed by atoms with E-state index < -0.39 is 27.3 Å². The second kappa shape index (κ2) is 6.70. The standard InChI is InChI=1S/C13H17BrFNO4S/c1-20-5-4-16(11-2-3-11)21(18,19)12-7-10(14)6-9(8-17)13(12)15/h6-7,11,17H,2-5,8H2,1H3. The van der Waals surface area contributed by atoms with E-state index in [9.17, 15) is 12.8 Å². The number of hydrogen-bond donors (Lipinski definition) is 1. The van der Waals surface area contributed by atoms with E-state index in [-0.39, 0.29) is 24.8 Å². The Bertz CT molecular complexity index is 619. The highest BCUT2D eigenvalue weighted by Gasteiger charge is 2.39. The van der Waals surface area contributed by atoms with E-state index in [2.05, 4.69) is 15.9 Å². The van der Waals surface area contributed by atoms with Gasteiger partial charge < -0.3 is 9.84 Å². The van der Waals surface area contributed by atoms with Crippen LogP contribution in [-0.2, 0) is 21.4 Å². The first kappa shape index (κ1) is 16.8. The monoisotopic (exact) mass is 381 g/mol. The van der Waals surface area contributed by atoms with Crippen molar-refractivity contribution in [2.24, 2.45) is 0 Å². The molecule has 0 atom stereocenters. The molecule has 118 valence electrons. The maximum atomic E-state index is 14.3. The molecule has 1 aromatic rings. The number of hydrogen-bond acceptors (Lipinski definition) is 4. The van der Waals surface area contributed by atoms with Crippen LogP contribution in [0, 0.1) is 5.82 Å². The highest BCUT2D eigenvalue weighted by Crippen LogP contribution is 2.34. The lowest BCUT2D eigenvalue weighted by molar-refractivity contribution is 0.177. The van der Waals surface area contributed by atoms with Crippen LogP contribution in [0.5, 0.6) is 0 Å². The van der Waals surface area contributed by atoms with Crippen LogP contribution in [0.4, 0.5) is 4.39 Å². The lowest BCUT2D eigenvalue weighted by atomic mass is 10.2. The molecule has 0 radical (unpaired) electrons. The third kappa shape index (κ3) is 3.62. The first-order valence-corrected chi connectivity index (χ1v) is 8.74. The summed E-state index contributed by atoms with van der Waals surface area (Å²) >= 11 is 3.15. The number of nitrogens with zero attached hydrogens (tertiary/aromatic N) is 1. The summed E-state index contributed by atoms with van der Waals surface area (Å²) in [5.74, 6) is -0.899. The summed E-state index contributed by atoms with van der Waals surface area (Å²) in [6.07, 6.45) is 1.54. The van der Waals surface area contributed by atoms with Crippen LogP contribution in [0.1, 0.15) is 18.4 Å². The van der Waals surface area contributed by atoms with Gasteiger partial charge in [0.2, 0.25) is 10.0 Å². The first-order valence-electron chi connectivity index (χ1n) is 6.51. The number of methoxy groups -OCH3 is 1. The van der Waals surface area contributed by atoms with Crippen molar-refractivity contribution in [3.05, 3.63) is 28.0 Å². The van der Waals surface area contributed by atoms with Gasteiger partial charge in [-0.1, -0.05) is 15.9 Å². The molecule has 0 unspecified atom stereocenters. The van der Waals surface area contributed by atoms with E-state index in [0.717, 1.165) is 12.8 Å². The largest absolute Gasteiger partial charge is 0.392 e. The van der Waals surface area contributed by atoms with Gasteiger partial charge in [0, 0.05) is 29.7 Å². The van der Waals surface area contributed by atoms with Crippen LogP contribution in [0.3, 0.4) is 0 Å². The molecule has 1 aliphatic rings. The van der Waals surface area contributed by atoms with Gasteiger partial charge in [-0.05, 0) is 25.0 Å². The van der Waals surface area contributed by atoms with Crippen LogP contribution in [-0.4, -0.2) is 44.1 Å². The maximum absolute atomic E-state index is 14.3. The van der Waals surface area contributed by atoms with Crippen LogP contribution in [0.25, 0.3) is 0 Å². The number of aliphatic hydroxyl groups excluding tert-OH is 1. The number of ether oxygens (including phenoxy) is 1. The van der Waals surface area contributed by atoms with E-state index in [1.54, 1.807) is 0 Å². The highest BCUT2D eigenvalue weighted by atomic mass is 79.9. The SMILES string of the molecule is COCCN(C1CC1)S(=O)(=O)c1cc(Br)cc(CO)c1F. The topological polar surface area (TPSA) is 66.8 Å². The Morgan fingerprint density at radius 2 is 2.14 bits per heavy atom. The van der Waals surface area contributed by atoms with Crippen LogP contribution in [0.15, 0.2) is 21.5 Å². The predicted octanol–water partition coefficient (Wildman–Crippen LogP) is 1.88. The molecule has 1 N–H and O–H groups in total. The minimum Gasteiger partial charge on any atom is -0.392 e. The molecule has 0 amide bonds. The van der Waals surface area contributed by atoms with Crippen molar-refractivity contribution in [1.29, 1.82) is 0 Å². The third-order valence-electron chi connectivity index (χ3n) is 3.31. The summed E-state index contributed by atoms with van der Waals surface area (Å²) in [4.78, 5) is -0.413. The molecule has 0 spiro atoms. The van der Waals surface area contributed by atoms with Crippen molar-refractivity contribution in [3.8, 4) is 0 Å². The van der Waals surface area contributed by atoms with Crippen molar-refractivity contribution in [2.45, 2.75) is 30.4 Å². The van der Waals surface area contributed by atoms with Crippen LogP contribution < -0.4 is 0 Å². The molecule has 1 aromatic carbocycles. The number of halogens is 2. The van der Waals surface area contributed by atoms with Crippen molar-refractivity contribution < 1.29 is 22.7 Å². The van der Waals surface area contributed by atoms with Gasteiger partial charge >= 0.3 is 0 Å². The van der Waals surface area contributed by atoms with Gasteiger partial charge in [-0.3, -0.25) is 0 Å². The summed E-state index contributed by atoms with van der Waals surface area (Å²) in [6.45, 7) is -0.128. The summed E-state index contributed by atoms with van der Waals surface area (Å²) < 4.78 is 46.3. The van der Waals surface area contributed by atoms with Crippen molar-refractivity contribution in [1.82, 2.24) is 4.31 Å². The number of sulfonamides is 1. The summed E-state index contributed by atoms with van der Waals surface area (Å²) in [6, 6.07) is 2.50.